The molecule has 2 rings (SSSR count). The molecule has 9 heteroatoms. The van der Waals surface area contributed by atoms with Crippen LogP contribution in [0.15, 0.2) is 32.6 Å². The number of aromatic nitrogens is 1. The Morgan fingerprint density at radius 2 is 2.04 bits per heavy atom. The van der Waals surface area contributed by atoms with Crippen LogP contribution in [0.4, 0.5) is 5.82 Å². The van der Waals surface area contributed by atoms with Crippen molar-refractivity contribution in [1.29, 1.82) is 0 Å². The average molecular weight is 435 g/mol. The minimum atomic E-state index is -3.75. The van der Waals surface area contributed by atoms with Crippen molar-refractivity contribution in [3.63, 3.8) is 0 Å². The summed E-state index contributed by atoms with van der Waals surface area (Å²) in [5.74, 6) is 0.576. The minimum Gasteiger partial charge on any atom is -0.367 e. The van der Waals surface area contributed by atoms with Gasteiger partial charge in [-0.15, -0.1) is 11.3 Å². The second-order valence-corrected chi connectivity index (χ2v) is 9.58. The van der Waals surface area contributed by atoms with Crippen LogP contribution in [0.5, 0.6) is 0 Å². The molecule has 1 N–H and O–H groups in total. The van der Waals surface area contributed by atoms with Crippen LogP contribution in [0.1, 0.15) is 28.4 Å². The molecule has 0 aliphatic heterocycles. The largest absolute Gasteiger partial charge is 0.367 e. The molecule has 0 radical (unpaired) electrons. The van der Waals surface area contributed by atoms with E-state index in [0.29, 0.717) is 20.0 Å². The number of nitrogens with one attached hydrogen (secondary N) is 1. The number of aryl methyl sites for hydroxylation is 1. The summed E-state index contributed by atoms with van der Waals surface area (Å²) in [4.78, 5) is 16.5. The number of rotatable bonds is 5. The van der Waals surface area contributed by atoms with Crippen molar-refractivity contribution in [3.8, 4) is 0 Å². The van der Waals surface area contributed by atoms with Crippen molar-refractivity contribution in [2.45, 2.75) is 36.6 Å². The van der Waals surface area contributed by atoms with Crippen LogP contribution in [0, 0.1) is 6.92 Å². The molecule has 0 atom stereocenters. The predicted octanol–water partition coefficient (Wildman–Crippen LogP) is 3.94. The minimum absolute atomic E-state index is 0.0674. The van der Waals surface area contributed by atoms with Gasteiger partial charge >= 0.3 is 0 Å². The maximum absolute atomic E-state index is 12.8. The lowest BCUT2D eigenvalue weighted by Crippen LogP contribution is -2.12. The molecule has 23 heavy (non-hydrogen) atoms. The van der Waals surface area contributed by atoms with Crippen molar-refractivity contribution in [2.24, 2.45) is 0 Å². The summed E-state index contributed by atoms with van der Waals surface area (Å²) in [5.41, 5.74) is 0. The number of hydrogen-bond donors (Lipinski definition) is 2. The zero-order chi connectivity index (χ0) is 17.4. The monoisotopic (exact) mass is 434 g/mol. The first-order valence-corrected chi connectivity index (χ1v) is 10.2. The summed E-state index contributed by atoms with van der Waals surface area (Å²) in [7, 11) is -3.75. The molecule has 0 aliphatic carbocycles. The van der Waals surface area contributed by atoms with Crippen molar-refractivity contribution < 1.29 is 13.2 Å². The first-order chi connectivity index (χ1) is 10.6. The van der Waals surface area contributed by atoms with Gasteiger partial charge in [0.05, 0.1) is 19.1 Å². The predicted molar refractivity (Wildman–Crippen MR) is 98.5 cm³/mol. The van der Waals surface area contributed by atoms with Crippen LogP contribution in [0.25, 0.3) is 0 Å². The first-order valence-electron chi connectivity index (χ1n) is 6.64. The highest BCUT2D eigenvalue weighted by atomic mass is 79.9. The van der Waals surface area contributed by atoms with Crippen molar-refractivity contribution in [3.05, 3.63) is 32.6 Å². The average Bonchev–Trinajstić information content (AvgIpc) is 2.83. The second-order valence-electron chi connectivity index (χ2n) is 5.14. The number of carbonyl (C=O) groups excluding carboxylic acids is 1. The van der Waals surface area contributed by atoms with E-state index in [1.54, 1.807) is 6.92 Å². The third-order valence-corrected chi connectivity index (χ3v) is 6.95. The number of thiophene rings is 1. The molecule has 0 aliphatic rings. The molecule has 0 saturated carbocycles. The highest BCUT2D eigenvalue weighted by molar-refractivity contribution is 9.10. The summed E-state index contributed by atoms with van der Waals surface area (Å²) >= 11 is 8.19. The van der Waals surface area contributed by atoms with E-state index < -0.39 is 15.0 Å². The van der Waals surface area contributed by atoms with Crippen LogP contribution in [-0.2, 0) is 9.84 Å². The smallest absolute Gasteiger partial charge is 0.226 e. The van der Waals surface area contributed by atoms with E-state index in [1.807, 2.05) is 13.8 Å². The quantitative estimate of drug-likeness (QED) is 0.696. The molecule has 0 saturated heterocycles. The van der Waals surface area contributed by atoms with Crippen molar-refractivity contribution in [2.75, 3.05) is 5.32 Å². The van der Waals surface area contributed by atoms with Crippen LogP contribution >= 0.6 is 39.9 Å². The van der Waals surface area contributed by atoms with Crippen LogP contribution in [0.2, 0.25) is 0 Å². The standard InChI is InChI=1S/C14H15BrN2O3S3/c1-7(2)17-13-10(15)4-9(6-16-13)23(19,20)12-5-11(14(18)21)22-8(12)3/h4-7H,1-3H3,(H,16,17)(H,18,21). The van der Waals surface area contributed by atoms with E-state index in [4.69, 9.17) is 0 Å². The van der Waals surface area contributed by atoms with E-state index in [1.165, 1.54) is 18.3 Å². The van der Waals surface area contributed by atoms with Gasteiger partial charge in [-0.1, -0.05) is 12.6 Å². The number of carbonyl (C=O) groups is 1. The molecule has 0 amide bonds. The van der Waals surface area contributed by atoms with Gasteiger partial charge in [-0.2, -0.15) is 0 Å². The number of pyridine rings is 1. The lowest BCUT2D eigenvalue weighted by Gasteiger charge is -2.12. The maximum atomic E-state index is 12.8. The Kier molecular flexibility index (Phi) is 5.55. The van der Waals surface area contributed by atoms with Gasteiger partial charge in [-0.05, 0) is 48.8 Å². The fraction of sp³-hybridized carbons (Fsp3) is 0.286. The molecular weight excluding hydrogens is 420 g/mol. The van der Waals surface area contributed by atoms with Gasteiger partial charge in [-0.3, -0.25) is 4.79 Å². The summed E-state index contributed by atoms with van der Waals surface area (Å²) < 4.78 is 26.1. The zero-order valence-corrected chi connectivity index (χ0v) is 16.7. The summed E-state index contributed by atoms with van der Waals surface area (Å²) in [6.45, 7) is 5.59. The number of hydrogen-bond acceptors (Lipinski definition) is 6. The van der Waals surface area contributed by atoms with E-state index in [9.17, 15) is 13.2 Å². The molecule has 2 aromatic heterocycles. The fourth-order valence-electron chi connectivity index (χ4n) is 1.91. The van der Waals surface area contributed by atoms with Gasteiger partial charge in [0.2, 0.25) is 15.0 Å². The highest BCUT2D eigenvalue weighted by Gasteiger charge is 2.25. The Bertz CT molecular complexity index is 860. The van der Waals surface area contributed by atoms with Gasteiger partial charge in [0, 0.05) is 17.1 Å². The Hall–Kier alpha value is -0.900. The molecule has 0 aromatic carbocycles. The second kappa shape index (κ2) is 6.92. The third-order valence-electron chi connectivity index (χ3n) is 2.92. The Labute approximate surface area is 153 Å². The molecule has 0 bridgehead atoms. The molecule has 0 spiro atoms. The summed E-state index contributed by atoms with van der Waals surface area (Å²) in [6.07, 6.45) is 1.31. The normalized spacial score (nSPS) is 11.7. The number of thiol groups is 1. The van der Waals surface area contributed by atoms with Gasteiger partial charge in [0.25, 0.3) is 0 Å². The van der Waals surface area contributed by atoms with E-state index in [2.05, 4.69) is 38.9 Å². The van der Waals surface area contributed by atoms with Gasteiger partial charge in [0.1, 0.15) is 5.82 Å². The van der Waals surface area contributed by atoms with Gasteiger partial charge < -0.3 is 5.32 Å². The van der Waals surface area contributed by atoms with E-state index in [-0.39, 0.29) is 15.8 Å². The first kappa shape index (κ1) is 18.4. The Morgan fingerprint density at radius 3 is 2.52 bits per heavy atom. The molecule has 124 valence electrons. The van der Waals surface area contributed by atoms with Crippen molar-refractivity contribution in [1.82, 2.24) is 4.98 Å². The number of halogens is 1. The molecule has 2 heterocycles. The Balaban J connectivity index is 2.48. The SMILES string of the molecule is Cc1sc(C(=O)S)cc1S(=O)(=O)c1cnc(NC(C)C)c(Br)c1. The van der Waals surface area contributed by atoms with Crippen LogP contribution in [0.3, 0.4) is 0 Å². The Morgan fingerprint density at radius 1 is 1.39 bits per heavy atom. The van der Waals surface area contributed by atoms with Gasteiger partial charge in [-0.25, -0.2) is 13.4 Å². The molecule has 5 nitrogen and oxygen atoms in total. The molecule has 2 aromatic rings. The third kappa shape index (κ3) is 3.96. The summed E-state index contributed by atoms with van der Waals surface area (Å²) in [6, 6.07) is 3.04. The molecular formula is C14H15BrN2O3S3. The summed E-state index contributed by atoms with van der Waals surface area (Å²) in [5, 5.41) is 2.67. The zero-order valence-electron chi connectivity index (χ0n) is 12.6. The highest BCUT2D eigenvalue weighted by Crippen LogP contribution is 2.33. The van der Waals surface area contributed by atoms with Crippen LogP contribution < -0.4 is 5.32 Å². The van der Waals surface area contributed by atoms with E-state index in [0.717, 1.165) is 11.3 Å². The van der Waals surface area contributed by atoms with E-state index >= 15 is 0 Å². The van der Waals surface area contributed by atoms with Crippen molar-refractivity contribution >= 4 is 60.7 Å². The topological polar surface area (TPSA) is 76.1 Å². The lowest BCUT2D eigenvalue weighted by molar-refractivity contribution is 0.109. The number of sulfone groups is 1. The maximum Gasteiger partial charge on any atom is 0.226 e. The number of anilines is 1. The fourth-order valence-corrected chi connectivity index (χ4v) is 5.38. The lowest BCUT2D eigenvalue weighted by atomic mass is 10.4. The molecule has 0 fully saturated rings. The van der Waals surface area contributed by atoms with Gasteiger partial charge in [0.15, 0.2) is 0 Å². The van der Waals surface area contributed by atoms with Crippen LogP contribution in [-0.4, -0.2) is 24.6 Å². The molecule has 0 unspecified atom stereocenters. The number of nitrogens with zero attached hydrogens (tertiary/aromatic N) is 1.